The molecule has 2 unspecified atom stereocenters. The molecule has 4 aliphatic heterocycles. The molecule has 0 spiro atoms. The number of amides is 2. The summed E-state index contributed by atoms with van der Waals surface area (Å²) in [5.41, 5.74) is 7.40. The van der Waals surface area contributed by atoms with Crippen molar-refractivity contribution < 1.29 is 14.3 Å². The van der Waals surface area contributed by atoms with E-state index in [0.717, 1.165) is 24.2 Å². The van der Waals surface area contributed by atoms with Gasteiger partial charge < -0.3 is 14.5 Å². The molecule has 140 valence electrons. The molecule has 7 nitrogen and oxygen atoms in total. The van der Waals surface area contributed by atoms with Crippen LogP contribution in [-0.4, -0.2) is 61.4 Å². The molecule has 4 saturated heterocycles. The summed E-state index contributed by atoms with van der Waals surface area (Å²) in [6.45, 7) is 1.76. The van der Waals surface area contributed by atoms with Gasteiger partial charge in [0.25, 0.3) is 0 Å². The Balaban J connectivity index is 1.54. The van der Waals surface area contributed by atoms with Crippen LogP contribution in [0.1, 0.15) is 24.4 Å². The van der Waals surface area contributed by atoms with E-state index >= 15 is 0 Å². The van der Waals surface area contributed by atoms with Crippen LogP contribution in [0.25, 0.3) is 0 Å². The van der Waals surface area contributed by atoms with E-state index in [-0.39, 0.29) is 35.7 Å². The lowest BCUT2D eigenvalue weighted by molar-refractivity contribution is -0.138. The number of rotatable bonds is 3. The third-order valence-corrected chi connectivity index (χ3v) is 6.03. The number of hydrogen-bond acceptors (Lipinski definition) is 5. The van der Waals surface area contributed by atoms with Crippen molar-refractivity contribution in [1.29, 1.82) is 0 Å². The summed E-state index contributed by atoms with van der Waals surface area (Å²) in [5.74, 6) is 0.835. The molecule has 2 N–H and O–H groups in total. The van der Waals surface area contributed by atoms with E-state index in [9.17, 15) is 9.59 Å². The maximum absolute atomic E-state index is 13.3. The second-order valence-electron chi connectivity index (χ2n) is 7.51. The Morgan fingerprint density at radius 2 is 2.12 bits per heavy atom. The number of benzene rings is 1. The van der Waals surface area contributed by atoms with E-state index in [4.69, 9.17) is 4.74 Å². The van der Waals surface area contributed by atoms with Gasteiger partial charge in [-0.15, -0.1) is 0 Å². The molecule has 2 amide bonds. The van der Waals surface area contributed by atoms with Crippen LogP contribution in [0.15, 0.2) is 24.3 Å². The first-order valence-electron chi connectivity index (χ1n) is 9.26. The van der Waals surface area contributed by atoms with Crippen LogP contribution in [0.2, 0.25) is 0 Å². The van der Waals surface area contributed by atoms with Crippen molar-refractivity contribution in [3.63, 3.8) is 0 Å². The van der Waals surface area contributed by atoms with Crippen LogP contribution in [0, 0.1) is 11.8 Å². The fraction of sp³-hybridized carbons (Fsp3) is 0.579. The molecule has 0 aromatic heterocycles. The van der Waals surface area contributed by atoms with E-state index in [1.54, 1.807) is 7.11 Å². The zero-order valence-electron chi connectivity index (χ0n) is 15.3. The van der Waals surface area contributed by atoms with Crippen molar-refractivity contribution >= 4 is 11.8 Å². The molecule has 4 atom stereocenters. The highest BCUT2D eigenvalue weighted by Crippen LogP contribution is 2.32. The molecule has 0 radical (unpaired) electrons. The number of hydrogen-bond donors (Lipinski definition) is 2. The van der Waals surface area contributed by atoms with Crippen molar-refractivity contribution in [3.05, 3.63) is 29.8 Å². The van der Waals surface area contributed by atoms with Gasteiger partial charge in [-0.3, -0.25) is 15.0 Å². The topological polar surface area (TPSA) is 73.9 Å². The summed E-state index contributed by atoms with van der Waals surface area (Å²) >= 11 is 0. The molecular weight excluding hydrogens is 332 g/mol. The highest BCUT2D eigenvalue weighted by molar-refractivity contribution is 5.84. The zero-order chi connectivity index (χ0) is 18.3. The maximum Gasteiger partial charge on any atom is 0.229 e. The Labute approximate surface area is 153 Å². The van der Waals surface area contributed by atoms with Gasteiger partial charge in [0.1, 0.15) is 5.75 Å². The molecule has 5 rings (SSSR count). The van der Waals surface area contributed by atoms with E-state index in [1.165, 1.54) is 0 Å². The summed E-state index contributed by atoms with van der Waals surface area (Å²) in [4.78, 5) is 29.5. The number of carbonyl (C=O) groups is 2. The number of carbonyl (C=O) groups excluding carboxylic acids is 2. The number of likely N-dealkylation sites (N-methyl/N-ethyl adjacent to an activating group) is 1. The average molecular weight is 358 g/mol. The third kappa shape index (κ3) is 2.95. The first kappa shape index (κ1) is 17.3. The molecule has 0 saturated carbocycles. The Kier molecular flexibility index (Phi) is 4.58. The van der Waals surface area contributed by atoms with E-state index in [2.05, 4.69) is 10.9 Å². The molecule has 0 aliphatic carbocycles. The number of methoxy groups -OCH3 is 1. The van der Waals surface area contributed by atoms with Crippen LogP contribution >= 0.6 is 0 Å². The number of fused-ring (bicyclic) bond motifs is 4. The summed E-state index contributed by atoms with van der Waals surface area (Å²) < 4.78 is 5.32. The number of hydrazine groups is 1. The van der Waals surface area contributed by atoms with Gasteiger partial charge in [0.15, 0.2) is 0 Å². The number of piperidine rings is 1. The highest BCUT2D eigenvalue weighted by atomic mass is 16.5. The second kappa shape index (κ2) is 6.89. The van der Waals surface area contributed by atoms with Gasteiger partial charge in [-0.2, -0.15) is 0 Å². The van der Waals surface area contributed by atoms with E-state index in [0.29, 0.717) is 19.6 Å². The number of nitrogens with zero attached hydrogens (tertiary/aromatic N) is 2. The smallest absolute Gasteiger partial charge is 0.229 e. The molecule has 1 aromatic carbocycles. The van der Waals surface area contributed by atoms with Gasteiger partial charge in [-0.1, -0.05) is 12.1 Å². The van der Waals surface area contributed by atoms with Gasteiger partial charge in [0.2, 0.25) is 11.8 Å². The average Bonchev–Trinajstić information content (AvgIpc) is 3.00. The van der Waals surface area contributed by atoms with Gasteiger partial charge in [-0.05, 0) is 30.5 Å². The second-order valence-corrected chi connectivity index (χ2v) is 7.51. The Morgan fingerprint density at radius 1 is 1.27 bits per heavy atom. The monoisotopic (exact) mass is 358 g/mol. The molecule has 4 heterocycles. The molecular formula is C19H26N4O3. The Bertz CT molecular complexity index is 710. The molecule has 4 fully saturated rings. The highest BCUT2D eigenvalue weighted by Gasteiger charge is 2.43. The maximum atomic E-state index is 13.3. The van der Waals surface area contributed by atoms with Gasteiger partial charge in [0.05, 0.1) is 25.0 Å². The molecule has 4 aliphatic rings. The molecule has 1 aromatic rings. The molecule has 26 heavy (non-hydrogen) atoms. The molecule has 7 heteroatoms. The van der Waals surface area contributed by atoms with Crippen LogP contribution in [0.4, 0.5) is 0 Å². The minimum Gasteiger partial charge on any atom is -0.497 e. The first-order chi connectivity index (χ1) is 12.6. The summed E-state index contributed by atoms with van der Waals surface area (Å²) in [5, 5.41) is 0. The van der Waals surface area contributed by atoms with Gasteiger partial charge in [-0.25, -0.2) is 5.43 Å². The normalized spacial score (nSPS) is 31.2. The van der Waals surface area contributed by atoms with Crippen molar-refractivity contribution in [1.82, 2.24) is 20.7 Å². The lowest BCUT2D eigenvalue weighted by Gasteiger charge is -2.32. The van der Waals surface area contributed by atoms with E-state index < -0.39 is 0 Å². The van der Waals surface area contributed by atoms with Crippen molar-refractivity contribution in [2.24, 2.45) is 11.8 Å². The van der Waals surface area contributed by atoms with Crippen molar-refractivity contribution in [2.45, 2.75) is 24.9 Å². The predicted molar refractivity (Wildman–Crippen MR) is 96.2 cm³/mol. The predicted octanol–water partition coefficient (Wildman–Crippen LogP) is 0.540. The largest absolute Gasteiger partial charge is 0.497 e. The molecule has 2 bridgehead atoms. The summed E-state index contributed by atoms with van der Waals surface area (Å²) in [6, 6.07) is 7.85. The van der Waals surface area contributed by atoms with Crippen molar-refractivity contribution in [3.8, 4) is 5.75 Å². The first-order valence-corrected chi connectivity index (χ1v) is 9.26. The fourth-order valence-electron chi connectivity index (χ4n) is 4.45. The van der Waals surface area contributed by atoms with Crippen LogP contribution in [0.5, 0.6) is 5.75 Å². The number of nitrogens with one attached hydrogen (secondary N) is 2. The number of ether oxygens (including phenoxy) is 1. The Morgan fingerprint density at radius 3 is 2.92 bits per heavy atom. The minimum absolute atomic E-state index is 0.0553. The van der Waals surface area contributed by atoms with Crippen LogP contribution in [0.3, 0.4) is 0 Å². The lowest BCUT2D eigenvalue weighted by Crippen LogP contribution is -2.46. The van der Waals surface area contributed by atoms with E-state index in [1.807, 2.05) is 41.1 Å². The third-order valence-electron chi connectivity index (χ3n) is 6.03. The SMILES string of the molecule is COc1cccc(C2NNCC2C(=O)N2C[C@H]3CC[C@@H](C2)N(C)C3=O)c1. The summed E-state index contributed by atoms with van der Waals surface area (Å²) in [7, 11) is 3.51. The lowest BCUT2D eigenvalue weighted by atomic mass is 9.93. The standard InChI is InChI=1S/C19H26N4O3/c1-22-14-7-6-13(18(22)24)10-23(11-14)19(25)16-9-20-21-17(16)12-4-3-5-15(8-12)26-2/h3-5,8,13-14,16-17,20-21H,6-7,9-11H2,1-2H3/t13-,14+,16?,17?/m1/s1. The van der Waals surface area contributed by atoms with Crippen LogP contribution < -0.4 is 15.6 Å². The van der Waals surface area contributed by atoms with Crippen LogP contribution in [-0.2, 0) is 9.59 Å². The van der Waals surface area contributed by atoms with Gasteiger partial charge in [0, 0.05) is 32.7 Å². The zero-order valence-corrected chi connectivity index (χ0v) is 15.3. The van der Waals surface area contributed by atoms with Crippen molar-refractivity contribution in [2.75, 3.05) is 33.8 Å². The minimum atomic E-state index is -0.194. The summed E-state index contributed by atoms with van der Waals surface area (Å²) in [6.07, 6.45) is 1.87. The Hall–Kier alpha value is -2.12. The quantitative estimate of drug-likeness (QED) is 0.825. The fourth-order valence-corrected chi connectivity index (χ4v) is 4.45. The van der Waals surface area contributed by atoms with Gasteiger partial charge >= 0.3 is 0 Å².